The highest BCUT2D eigenvalue weighted by molar-refractivity contribution is 5.41. The minimum absolute atomic E-state index is 0.109. The quantitative estimate of drug-likeness (QED) is 0.576. The lowest BCUT2D eigenvalue weighted by atomic mass is 10.1. The molecule has 0 radical (unpaired) electrons. The third kappa shape index (κ3) is 2.17. The number of aromatic nitrogens is 1. The highest BCUT2D eigenvalue weighted by Crippen LogP contribution is 2.30. The average Bonchev–Trinajstić information content (AvgIpc) is 2.17. The van der Waals surface area contributed by atoms with Gasteiger partial charge < -0.3 is 14.9 Å². The molecular weight excluding hydrogens is 210 g/mol. The van der Waals surface area contributed by atoms with Gasteiger partial charge in [-0.15, -0.1) is 0 Å². The van der Waals surface area contributed by atoms with E-state index in [2.05, 4.69) is 9.72 Å². The molecule has 82 valence electrons. The summed E-state index contributed by atoms with van der Waals surface area (Å²) in [5, 5.41) is 10.4. The Labute approximate surface area is 83.8 Å². The summed E-state index contributed by atoms with van der Waals surface area (Å²) < 4.78 is 29.6. The molecule has 7 heteroatoms. The first-order chi connectivity index (χ1) is 6.97. The van der Waals surface area contributed by atoms with Gasteiger partial charge in [0.2, 0.25) is 0 Å². The van der Waals surface area contributed by atoms with Gasteiger partial charge in [-0.1, -0.05) is 0 Å². The van der Waals surface area contributed by atoms with Crippen molar-refractivity contribution in [1.29, 1.82) is 0 Å². The van der Waals surface area contributed by atoms with Gasteiger partial charge in [-0.2, -0.15) is 0 Å². The maximum atomic E-state index is 12.5. The second-order valence-corrected chi connectivity index (χ2v) is 2.76. The third-order valence-corrected chi connectivity index (χ3v) is 1.87. The molecule has 15 heavy (non-hydrogen) atoms. The first-order valence-electron chi connectivity index (χ1n) is 3.95. The molecule has 0 unspecified atom stereocenters. The van der Waals surface area contributed by atoms with E-state index in [0.717, 1.165) is 6.07 Å². The summed E-state index contributed by atoms with van der Waals surface area (Å²) >= 11 is 0. The standard InChI is InChI=1S/C8H8F2N2O3/c1-4-5(7(9)10)3-6(12(13)14)11-8(4)15-2/h3,7H,1-2H3. The van der Waals surface area contributed by atoms with Crippen molar-refractivity contribution in [3.05, 3.63) is 27.3 Å². The molecule has 0 aliphatic heterocycles. The molecule has 0 aliphatic rings. The van der Waals surface area contributed by atoms with E-state index >= 15 is 0 Å². The SMILES string of the molecule is COc1nc([N+](=O)[O-])cc(C(F)F)c1C. The Balaban J connectivity index is 3.38. The van der Waals surface area contributed by atoms with Gasteiger partial charge in [0.05, 0.1) is 7.11 Å². The molecule has 0 amide bonds. The van der Waals surface area contributed by atoms with Crippen LogP contribution in [0.2, 0.25) is 0 Å². The Hall–Kier alpha value is -1.79. The number of alkyl halides is 2. The highest BCUT2D eigenvalue weighted by Gasteiger charge is 2.23. The van der Waals surface area contributed by atoms with Crippen molar-refractivity contribution in [2.24, 2.45) is 0 Å². The molecule has 0 fully saturated rings. The fourth-order valence-corrected chi connectivity index (χ4v) is 1.11. The summed E-state index contributed by atoms with van der Waals surface area (Å²) in [6.45, 7) is 1.37. The largest absolute Gasteiger partial charge is 0.463 e. The van der Waals surface area contributed by atoms with Gasteiger partial charge in [0.15, 0.2) is 0 Å². The number of ether oxygens (including phenoxy) is 1. The third-order valence-electron chi connectivity index (χ3n) is 1.87. The number of pyridine rings is 1. The van der Waals surface area contributed by atoms with Crippen LogP contribution in [0.5, 0.6) is 5.88 Å². The van der Waals surface area contributed by atoms with Crippen LogP contribution in [0.3, 0.4) is 0 Å². The van der Waals surface area contributed by atoms with Gasteiger partial charge in [-0.25, -0.2) is 8.78 Å². The first kappa shape index (κ1) is 11.3. The maximum Gasteiger partial charge on any atom is 0.368 e. The number of hydrogen-bond donors (Lipinski definition) is 0. The zero-order chi connectivity index (χ0) is 11.6. The van der Waals surface area contributed by atoms with E-state index in [1.807, 2.05) is 0 Å². The van der Waals surface area contributed by atoms with Crippen molar-refractivity contribution in [3.8, 4) is 5.88 Å². The van der Waals surface area contributed by atoms with Crippen molar-refractivity contribution < 1.29 is 18.4 Å². The molecule has 0 spiro atoms. The summed E-state index contributed by atoms with van der Waals surface area (Å²) in [5.41, 5.74) is -0.327. The van der Waals surface area contributed by atoms with Crippen molar-refractivity contribution in [2.45, 2.75) is 13.3 Å². The fraction of sp³-hybridized carbons (Fsp3) is 0.375. The molecule has 0 aromatic carbocycles. The lowest BCUT2D eigenvalue weighted by molar-refractivity contribution is -0.389. The second kappa shape index (κ2) is 4.16. The van der Waals surface area contributed by atoms with E-state index < -0.39 is 22.7 Å². The molecule has 0 saturated heterocycles. The Morgan fingerprint density at radius 3 is 2.60 bits per heavy atom. The summed E-state index contributed by atoms with van der Waals surface area (Å²) in [7, 11) is 1.22. The van der Waals surface area contributed by atoms with Crippen LogP contribution in [0.4, 0.5) is 14.6 Å². The highest BCUT2D eigenvalue weighted by atomic mass is 19.3. The van der Waals surface area contributed by atoms with Crippen LogP contribution in [0.15, 0.2) is 6.07 Å². The topological polar surface area (TPSA) is 65.3 Å². The fourth-order valence-electron chi connectivity index (χ4n) is 1.11. The molecule has 1 rings (SSSR count). The lowest BCUT2D eigenvalue weighted by Gasteiger charge is -2.05. The van der Waals surface area contributed by atoms with Gasteiger partial charge in [-0.3, -0.25) is 0 Å². The monoisotopic (exact) mass is 218 g/mol. The molecule has 0 saturated carbocycles. The van der Waals surface area contributed by atoms with Crippen LogP contribution < -0.4 is 4.74 Å². The molecule has 5 nitrogen and oxygen atoms in total. The summed E-state index contributed by atoms with van der Waals surface area (Å²) in [6.07, 6.45) is -2.79. The molecule has 1 aromatic heterocycles. The van der Waals surface area contributed by atoms with Crippen LogP contribution in [-0.2, 0) is 0 Å². The van der Waals surface area contributed by atoms with Crippen LogP contribution in [0.1, 0.15) is 17.6 Å². The minimum Gasteiger partial charge on any atom is -0.463 e. The van der Waals surface area contributed by atoms with Crippen molar-refractivity contribution in [2.75, 3.05) is 7.11 Å². The van der Waals surface area contributed by atoms with Crippen molar-refractivity contribution >= 4 is 5.82 Å². The van der Waals surface area contributed by atoms with Gasteiger partial charge in [0, 0.05) is 22.2 Å². The minimum atomic E-state index is -2.79. The second-order valence-electron chi connectivity index (χ2n) is 2.76. The Morgan fingerprint density at radius 2 is 2.20 bits per heavy atom. The van der Waals surface area contributed by atoms with Gasteiger partial charge >= 0.3 is 11.7 Å². The van der Waals surface area contributed by atoms with E-state index in [1.54, 1.807) is 0 Å². The van der Waals surface area contributed by atoms with Crippen molar-refractivity contribution in [1.82, 2.24) is 4.98 Å². The number of rotatable bonds is 3. The normalized spacial score (nSPS) is 10.5. The zero-order valence-corrected chi connectivity index (χ0v) is 8.03. The molecule has 0 atom stereocenters. The number of nitrogens with zero attached hydrogens (tertiary/aromatic N) is 2. The van der Waals surface area contributed by atoms with Gasteiger partial charge in [-0.05, 0) is 11.8 Å². The number of hydrogen-bond acceptors (Lipinski definition) is 4. The molecule has 0 bridgehead atoms. The predicted molar refractivity (Wildman–Crippen MR) is 47.1 cm³/mol. The predicted octanol–water partition coefficient (Wildman–Crippen LogP) is 2.24. The van der Waals surface area contributed by atoms with E-state index in [-0.39, 0.29) is 11.4 Å². The van der Waals surface area contributed by atoms with Crippen molar-refractivity contribution in [3.63, 3.8) is 0 Å². The smallest absolute Gasteiger partial charge is 0.368 e. The van der Waals surface area contributed by atoms with E-state index in [4.69, 9.17) is 0 Å². The number of halogens is 2. The van der Waals surface area contributed by atoms with E-state index in [0.29, 0.717) is 0 Å². The van der Waals surface area contributed by atoms with E-state index in [1.165, 1.54) is 14.0 Å². The van der Waals surface area contributed by atoms with E-state index in [9.17, 15) is 18.9 Å². The first-order valence-corrected chi connectivity index (χ1v) is 3.95. The molecule has 0 N–H and O–H groups in total. The maximum absolute atomic E-state index is 12.5. The number of methoxy groups -OCH3 is 1. The Kier molecular flexibility index (Phi) is 3.13. The zero-order valence-electron chi connectivity index (χ0n) is 8.03. The Bertz CT molecular complexity index is 396. The number of nitro groups is 1. The molecule has 0 aliphatic carbocycles. The summed E-state index contributed by atoms with van der Waals surface area (Å²) in [5.74, 6) is -0.799. The van der Waals surface area contributed by atoms with Crippen LogP contribution in [0.25, 0.3) is 0 Å². The summed E-state index contributed by atoms with van der Waals surface area (Å²) in [4.78, 5) is 13.0. The average molecular weight is 218 g/mol. The van der Waals surface area contributed by atoms with Crippen LogP contribution in [0, 0.1) is 17.0 Å². The molecule has 1 heterocycles. The lowest BCUT2D eigenvalue weighted by Crippen LogP contribution is -2.01. The molecular formula is C8H8F2N2O3. The van der Waals surface area contributed by atoms with Crippen LogP contribution in [-0.4, -0.2) is 17.0 Å². The van der Waals surface area contributed by atoms with Gasteiger partial charge in [0.1, 0.15) is 0 Å². The molecule has 1 aromatic rings. The Morgan fingerprint density at radius 1 is 1.60 bits per heavy atom. The van der Waals surface area contributed by atoms with Gasteiger partial charge in [0.25, 0.3) is 6.43 Å². The van der Waals surface area contributed by atoms with Crippen LogP contribution >= 0.6 is 0 Å². The summed E-state index contributed by atoms with van der Waals surface area (Å²) in [6, 6.07) is 0.752.